The van der Waals surface area contributed by atoms with Gasteiger partial charge in [0, 0.05) is 58.5 Å². The number of halogens is 1. The fourth-order valence-corrected chi connectivity index (χ4v) is 2.01. The van der Waals surface area contributed by atoms with Gasteiger partial charge in [-0.1, -0.05) is 13.0 Å². The molecule has 3 nitrogen and oxygen atoms in total. The molecule has 0 aromatic heterocycles. The Balaban J connectivity index is 0.00000220. The molecular weight excluding hydrogens is 363 g/mol. The summed E-state index contributed by atoms with van der Waals surface area (Å²) in [7, 11) is 1.69. The predicted octanol–water partition coefficient (Wildman–Crippen LogP) is 3.36. The largest absolute Gasteiger partial charge is 0.494 e. The molecule has 0 saturated heterocycles. The number of alkyl halides is 1. The molecule has 2 rings (SSSR count). The summed E-state index contributed by atoms with van der Waals surface area (Å²) in [6, 6.07) is 7.91. The predicted molar refractivity (Wildman–Crippen MR) is 81.6 cm³/mol. The Bertz CT molecular complexity index is 488. The van der Waals surface area contributed by atoms with E-state index >= 15 is 0 Å². The molecule has 1 aliphatic rings. The van der Waals surface area contributed by atoms with Gasteiger partial charge in [0.1, 0.15) is 5.75 Å². The van der Waals surface area contributed by atoms with Gasteiger partial charge in [-0.05, 0) is 12.1 Å². The molecule has 1 aliphatic heterocycles. The van der Waals surface area contributed by atoms with Crippen molar-refractivity contribution in [2.75, 3.05) is 20.3 Å². The zero-order chi connectivity index (χ0) is 14.4. The Morgan fingerprint density at radius 3 is 2.67 bits per heavy atom. The fraction of sp³-hybridized carbons (Fsp3) is 0.375. The van der Waals surface area contributed by atoms with Crippen molar-refractivity contribution in [2.45, 2.75) is 18.2 Å². The first-order chi connectivity index (χ1) is 9.70. The molecule has 1 atom stereocenters. The van der Waals surface area contributed by atoms with E-state index in [4.69, 9.17) is 21.1 Å². The normalized spacial score (nSPS) is 17.5. The first kappa shape index (κ1) is 18.7. The van der Waals surface area contributed by atoms with Gasteiger partial charge in [0.15, 0.2) is 0 Å². The summed E-state index contributed by atoms with van der Waals surface area (Å²) in [6.07, 6.45) is 4.81. The number of nitrogens with one attached hydrogen (secondary N) is 1. The second-order valence-corrected chi connectivity index (χ2v) is 5.12. The van der Waals surface area contributed by atoms with Gasteiger partial charge in [0.2, 0.25) is 0 Å². The number of benzene rings is 1. The van der Waals surface area contributed by atoms with Crippen LogP contribution in [0.2, 0.25) is 0 Å². The minimum Gasteiger partial charge on any atom is -0.494 e. The molecule has 0 fully saturated rings. The summed E-state index contributed by atoms with van der Waals surface area (Å²) >= 11 is 6.06. The van der Waals surface area contributed by atoms with Crippen molar-refractivity contribution in [3.8, 4) is 5.75 Å². The van der Waals surface area contributed by atoms with E-state index in [-0.39, 0.29) is 38.1 Å². The van der Waals surface area contributed by atoms with Crippen molar-refractivity contribution in [3.63, 3.8) is 0 Å². The Hall–Kier alpha value is -0.346. The van der Waals surface area contributed by atoms with Gasteiger partial charge < -0.3 is 14.8 Å². The van der Waals surface area contributed by atoms with Crippen molar-refractivity contribution >= 4 is 17.3 Å². The molecule has 0 bridgehead atoms. The average Bonchev–Trinajstić information content (AvgIpc) is 2.47. The van der Waals surface area contributed by atoms with E-state index in [1.807, 2.05) is 24.3 Å². The van der Waals surface area contributed by atoms with Crippen molar-refractivity contribution in [2.24, 2.45) is 0 Å². The van der Waals surface area contributed by atoms with Crippen LogP contribution in [0, 0.1) is 6.08 Å². The smallest absolute Gasteiger partial charge is 0.116 e. The van der Waals surface area contributed by atoms with E-state index < -0.39 is 0 Å². The van der Waals surface area contributed by atoms with Crippen LogP contribution in [0.1, 0.15) is 18.4 Å². The zero-order valence-electron chi connectivity index (χ0n) is 12.2. The second kappa shape index (κ2) is 9.63. The van der Waals surface area contributed by atoms with Crippen LogP contribution in [-0.4, -0.2) is 25.7 Å². The third kappa shape index (κ3) is 5.74. The van der Waals surface area contributed by atoms with Gasteiger partial charge in [-0.25, -0.2) is 6.08 Å². The number of hydrogen-bond donors (Lipinski definition) is 1. The molecule has 1 N–H and O–H groups in total. The number of ether oxygens (including phenoxy) is 2. The molecule has 21 heavy (non-hydrogen) atoms. The second-order valence-electron chi connectivity index (χ2n) is 4.59. The van der Waals surface area contributed by atoms with Crippen LogP contribution in [0.3, 0.4) is 0 Å². The number of hydrogen-bond acceptors (Lipinski definition) is 3. The average molecular weight is 382 g/mol. The van der Waals surface area contributed by atoms with Crippen LogP contribution >= 0.6 is 11.6 Å². The molecule has 0 aliphatic carbocycles. The zero-order valence-corrected chi connectivity index (χ0v) is 15.8. The molecule has 1 radical (unpaired) electrons. The van der Waals surface area contributed by atoms with Gasteiger partial charge in [-0.15, -0.1) is 29.4 Å². The number of rotatable bonds is 6. The Morgan fingerprint density at radius 1 is 1.33 bits per heavy atom. The molecule has 0 amide bonds. The van der Waals surface area contributed by atoms with Crippen molar-refractivity contribution in [1.29, 1.82) is 0 Å². The fourth-order valence-electron chi connectivity index (χ4n) is 1.88. The summed E-state index contributed by atoms with van der Waals surface area (Å²) < 4.78 is 10.6. The van der Waals surface area contributed by atoms with Gasteiger partial charge in [-0.2, -0.15) is 5.56 Å². The standard InChI is InChI=1S/C16H19ClNO2.Y/c1-12-15(17)8-9-16(18-12)13-4-6-14(7-5-13)20-11-3-10-19-2;/h4-7,15,18H,1,3,8,10-11H2,2H3;/q-1;. The number of allylic oxidation sites excluding steroid dienone is 2. The molecular formula is C16H19ClNO2Y-. The van der Waals surface area contributed by atoms with E-state index in [2.05, 4.69) is 18.0 Å². The Kier molecular flexibility index (Phi) is 8.57. The van der Waals surface area contributed by atoms with Gasteiger partial charge in [0.05, 0.1) is 12.0 Å². The van der Waals surface area contributed by atoms with Gasteiger partial charge >= 0.3 is 0 Å². The minimum absolute atomic E-state index is 0. The van der Waals surface area contributed by atoms with E-state index in [0.717, 1.165) is 29.1 Å². The van der Waals surface area contributed by atoms with Crippen LogP contribution in [0.15, 0.2) is 36.5 Å². The molecule has 1 aromatic rings. The molecule has 1 aromatic carbocycles. The van der Waals surface area contributed by atoms with Crippen molar-refractivity contribution in [1.82, 2.24) is 5.32 Å². The number of methoxy groups -OCH3 is 1. The first-order valence-electron chi connectivity index (χ1n) is 6.63. The molecule has 0 saturated carbocycles. The van der Waals surface area contributed by atoms with E-state index in [0.29, 0.717) is 19.6 Å². The monoisotopic (exact) mass is 381 g/mol. The topological polar surface area (TPSA) is 30.5 Å². The van der Waals surface area contributed by atoms with E-state index in [9.17, 15) is 0 Å². The van der Waals surface area contributed by atoms with Crippen LogP contribution in [-0.2, 0) is 37.4 Å². The maximum Gasteiger partial charge on any atom is 0.116 e. The van der Waals surface area contributed by atoms with Gasteiger partial charge in [-0.3, -0.25) is 0 Å². The van der Waals surface area contributed by atoms with Crippen LogP contribution < -0.4 is 10.1 Å². The Labute approximate surface area is 156 Å². The van der Waals surface area contributed by atoms with Crippen LogP contribution in [0.5, 0.6) is 5.75 Å². The summed E-state index contributed by atoms with van der Waals surface area (Å²) in [5.41, 5.74) is 2.80. The van der Waals surface area contributed by atoms with Crippen molar-refractivity contribution in [3.05, 3.63) is 48.2 Å². The van der Waals surface area contributed by atoms with Crippen molar-refractivity contribution < 1.29 is 42.2 Å². The summed E-state index contributed by atoms with van der Waals surface area (Å²) in [4.78, 5) is 0. The summed E-state index contributed by atoms with van der Waals surface area (Å²) in [6.45, 7) is 5.28. The quantitative estimate of drug-likeness (QED) is 0.466. The third-order valence-corrected chi connectivity index (χ3v) is 3.44. The minimum atomic E-state index is -0.0814. The van der Waals surface area contributed by atoms with Crippen LogP contribution in [0.25, 0.3) is 5.70 Å². The molecule has 0 spiro atoms. The van der Waals surface area contributed by atoms with Gasteiger partial charge in [0.25, 0.3) is 0 Å². The maximum atomic E-state index is 6.06. The SMILES string of the molecule is C=C1NC(c2ccc(OCCCOC)cc2)=[C-]CC1Cl.[Y]. The molecule has 111 valence electrons. The van der Waals surface area contributed by atoms with Crippen LogP contribution in [0.4, 0.5) is 0 Å². The summed E-state index contributed by atoms with van der Waals surface area (Å²) in [5, 5.41) is 3.10. The van der Waals surface area contributed by atoms with E-state index in [1.54, 1.807) is 7.11 Å². The Morgan fingerprint density at radius 2 is 2.05 bits per heavy atom. The third-order valence-electron chi connectivity index (χ3n) is 3.03. The maximum absolute atomic E-state index is 6.06. The van der Waals surface area contributed by atoms with E-state index in [1.165, 1.54) is 0 Å². The molecule has 5 heteroatoms. The summed E-state index contributed by atoms with van der Waals surface area (Å²) in [5.74, 6) is 0.857. The molecule has 1 unspecified atom stereocenters. The molecule has 1 heterocycles. The first-order valence-corrected chi connectivity index (χ1v) is 7.07.